The van der Waals surface area contributed by atoms with Crippen LogP contribution in [0.3, 0.4) is 0 Å². The zero-order chi connectivity index (χ0) is 17.6. The summed E-state index contributed by atoms with van der Waals surface area (Å²) in [7, 11) is 3.87. The predicted molar refractivity (Wildman–Crippen MR) is 99.8 cm³/mol. The fraction of sp³-hybridized carbons (Fsp3) is 0.421. The molecule has 2 aromatic rings. The van der Waals surface area contributed by atoms with Gasteiger partial charge in [-0.25, -0.2) is 4.98 Å². The van der Waals surface area contributed by atoms with E-state index < -0.39 is 0 Å². The largest absolute Gasteiger partial charge is 0.361 e. The normalized spacial score (nSPS) is 14.5. The lowest BCUT2D eigenvalue weighted by atomic mass is 10.1. The number of amides is 1. The number of hydrogen-bond acceptors (Lipinski definition) is 5. The quantitative estimate of drug-likeness (QED) is 0.873. The Balaban J connectivity index is 1.59. The molecule has 0 spiro atoms. The first-order valence-corrected chi connectivity index (χ1v) is 8.74. The Bertz CT molecular complexity index is 708. The van der Waals surface area contributed by atoms with Crippen LogP contribution in [-0.4, -0.2) is 61.0 Å². The Morgan fingerprint density at radius 3 is 2.56 bits per heavy atom. The Kier molecular flexibility index (Phi) is 5.60. The van der Waals surface area contributed by atoms with Crippen LogP contribution in [0.5, 0.6) is 0 Å². The highest BCUT2D eigenvalue weighted by molar-refractivity contribution is 5.94. The van der Waals surface area contributed by atoms with Crippen LogP contribution in [0.4, 0.5) is 5.82 Å². The number of carbonyl (C=O) groups excluding carboxylic acids is 1. The van der Waals surface area contributed by atoms with Crippen molar-refractivity contribution in [2.45, 2.75) is 12.8 Å². The molecule has 6 heteroatoms. The monoisotopic (exact) mass is 339 g/mol. The highest BCUT2D eigenvalue weighted by atomic mass is 16.1. The maximum Gasteiger partial charge on any atom is 0.251 e. The molecule has 0 saturated carbocycles. The van der Waals surface area contributed by atoms with Gasteiger partial charge in [-0.1, -0.05) is 12.1 Å². The lowest BCUT2D eigenvalue weighted by Crippen LogP contribution is -2.33. The molecule has 1 amide bonds. The lowest BCUT2D eigenvalue weighted by molar-refractivity contribution is 0.0950. The number of benzene rings is 1. The van der Waals surface area contributed by atoms with Gasteiger partial charge < -0.3 is 15.1 Å². The van der Waals surface area contributed by atoms with Gasteiger partial charge in [0.15, 0.2) is 0 Å². The van der Waals surface area contributed by atoms with Crippen molar-refractivity contribution < 1.29 is 4.79 Å². The fourth-order valence-electron chi connectivity index (χ4n) is 2.94. The van der Waals surface area contributed by atoms with Crippen LogP contribution in [0, 0.1) is 0 Å². The third-order valence-corrected chi connectivity index (χ3v) is 4.44. The molecule has 132 valence electrons. The third kappa shape index (κ3) is 4.54. The molecule has 1 N–H and O–H groups in total. The summed E-state index contributed by atoms with van der Waals surface area (Å²) in [6.45, 7) is 3.92. The van der Waals surface area contributed by atoms with Gasteiger partial charge in [0.2, 0.25) is 0 Å². The number of aromatic nitrogens is 2. The van der Waals surface area contributed by atoms with E-state index in [1.807, 2.05) is 43.3 Å². The van der Waals surface area contributed by atoms with Crippen LogP contribution in [0.1, 0.15) is 23.2 Å². The summed E-state index contributed by atoms with van der Waals surface area (Å²) in [6, 6.07) is 7.51. The maximum atomic E-state index is 12.2. The second-order valence-corrected chi connectivity index (χ2v) is 6.54. The molecule has 1 aliphatic rings. The molecule has 0 atom stereocenters. The van der Waals surface area contributed by atoms with E-state index >= 15 is 0 Å². The van der Waals surface area contributed by atoms with Crippen molar-refractivity contribution in [1.82, 2.24) is 20.2 Å². The minimum Gasteiger partial charge on any atom is -0.361 e. The van der Waals surface area contributed by atoms with Crippen LogP contribution >= 0.6 is 0 Å². The Hall–Kier alpha value is -2.47. The summed E-state index contributed by atoms with van der Waals surface area (Å²) >= 11 is 0. The standard InChI is InChI=1S/C19H25N5O/c1-23(2)18-14-20-13-17(22-18)15-5-7-16(8-6-15)19(25)21-9-12-24-10-3-4-11-24/h5-8,13-14H,3-4,9-12H2,1-2H3,(H,21,25). The van der Waals surface area contributed by atoms with E-state index in [1.165, 1.54) is 12.8 Å². The minimum absolute atomic E-state index is 0.0288. The summed E-state index contributed by atoms with van der Waals surface area (Å²) in [5.74, 6) is 0.778. The van der Waals surface area contributed by atoms with Crippen molar-refractivity contribution in [3.05, 3.63) is 42.2 Å². The van der Waals surface area contributed by atoms with E-state index in [-0.39, 0.29) is 5.91 Å². The average Bonchev–Trinajstić information content (AvgIpc) is 3.15. The second-order valence-electron chi connectivity index (χ2n) is 6.54. The first-order valence-electron chi connectivity index (χ1n) is 8.74. The van der Waals surface area contributed by atoms with Gasteiger partial charge in [-0.2, -0.15) is 0 Å². The zero-order valence-corrected chi connectivity index (χ0v) is 14.9. The first-order chi connectivity index (χ1) is 12.1. The molecule has 0 radical (unpaired) electrons. The van der Waals surface area contributed by atoms with Crippen molar-refractivity contribution in [2.75, 3.05) is 45.2 Å². The van der Waals surface area contributed by atoms with Gasteiger partial charge in [-0.3, -0.25) is 9.78 Å². The van der Waals surface area contributed by atoms with Crippen molar-refractivity contribution in [3.63, 3.8) is 0 Å². The molecule has 0 aliphatic carbocycles. The van der Waals surface area contributed by atoms with Gasteiger partial charge in [-0.15, -0.1) is 0 Å². The van der Waals surface area contributed by atoms with Crippen molar-refractivity contribution in [2.24, 2.45) is 0 Å². The smallest absolute Gasteiger partial charge is 0.251 e. The molecular weight excluding hydrogens is 314 g/mol. The van der Waals surface area contributed by atoms with Crippen LogP contribution in [0.15, 0.2) is 36.7 Å². The summed E-state index contributed by atoms with van der Waals surface area (Å²) in [5, 5.41) is 2.99. The topological polar surface area (TPSA) is 61.4 Å². The third-order valence-electron chi connectivity index (χ3n) is 4.44. The van der Waals surface area contributed by atoms with Crippen LogP contribution in [0.25, 0.3) is 11.3 Å². The molecular formula is C19H25N5O. The van der Waals surface area contributed by atoms with Gasteiger partial charge in [0.05, 0.1) is 18.1 Å². The highest BCUT2D eigenvalue weighted by Crippen LogP contribution is 2.19. The van der Waals surface area contributed by atoms with Gasteiger partial charge in [-0.05, 0) is 38.1 Å². The van der Waals surface area contributed by atoms with Crippen LogP contribution in [0.2, 0.25) is 0 Å². The van der Waals surface area contributed by atoms with E-state index in [4.69, 9.17) is 0 Å². The van der Waals surface area contributed by atoms with E-state index in [0.29, 0.717) is 12.1 Å². The van der Waals surface area contributed by atoms with Crippen molar-refractivity contribution >= 4 is 11.7 Å². The summed E-state index contributed by atoms with van der Waals surface area (Å²) in [6.07, 6.45) is 6.00. The van der Waals surface area contributed by atoms with Gasteiger partial charge in [0, 0.05) is 38.3 Å². The number of nitrogens with one attached hydrogen (secondary N) is 1. The number of nitrogens with zero attached hydrogens (tertiary/aromatic N) is 4. The van der Waals surface area contributed by atoms with Gasteiger partial charge >= 0.3 is 0 Å². The van der Waals surface area contributed by atoms with E-state index in [1.54, 1.807) is 12.4 Å². The van der Waals surface area contributed by atoms with Crippen LogP contribution in [-0.2, 0) is 0 Å². The van der Waals surface area contributed by atoms with Crippen molar-refractivity contribution in [3.8, 4) is 11.3 Å². The Labute approximate surface area is 148 Å². The molecule has 2 heterocycles. The summed E-state index contributed by atoms with van der Waals surface area (Å²) in [4.78, 5) is 25.3. The molecule has 1 fully saturated rings. The Morgan fingerprint density at radius 2 is 1.88 bits per heavy atom. The molecule has 0 bridgehead atoms. The van der Waals surface area contributed by atoms with Crippen LogP contribution < -0.4 is 10.2 Å². The van der Waals surface area contributed by atoms with E-state index in [9.17, 15) is 4.79 Å². The first kappa shape index (κ1) is 17.4. The summed E-state index contributed by atoms with van der Waals surface area (Å²) in [5.41, 5.74) is 2.42. The zero-order valence-electron chi connectivity index (χ0n) is 14.9. The average molecular weight is 339 g/mol. The Morgan fingerprint density at radius 1 is 1.16 bits per heavy atom. The molecule has 1 aromatic carbocycles. The number of likely N-dealkylation sites (tertiary alicyclic amines) is 1. The SMILES string of the molecule is CN(C)c1cncc(-c2ccc(C(=O)NCCN3CCCC3)cc2)n1. The lowest BCUT2D eigenvalue weighted by Gasteiger charge is -2.14. The highest BCUT2D eigenvalue weighted by Gasteiger charge is 2.12. The minimum atomic E-state index is -0.0288. The fourth-order valence-corrected chi connectivity index (χ4v) is 2.94. The van der Waals surface area contributed by atoms with Crippen molar-refractivity contribution in [1.29, 1.82) is 0 Å². The number of rotatable bonds is 6. The number of anilines is 1. The van der Waals surface area contributed by atoms with Gasteiger partial charge in [0.1, 0.15) is 5.82 Å². The molecule has 1 aromatic heterocycles. The molecule has 25 heavy (non-hydrogen) atoms. The predicted octanol–water partition coefficient (Wildman–Crippen LogP) is 2.04. The summed E-state index contributed by atoms with van der Waals surface area (Å²) < 4.78 is 0. The molecule has 3 rings (SSSR count). The number of carbonyl (C=O) groups is 1. The molecule has 0 unspecified atom stereocenters. The second kappa shape index (κ2) is 8.07. The molecule has 1 aliphatic heterocycles. The molecule has 1 saturated heterocycles. The van der Waals surface area contributed by atoms with E-state index in [0.717, 1.165) is 36.7 Å². The van der Waals surface area contributed by atoms with Gasteiger partial charge in [0.25, 0.3) is 5.91 Å². The number of hydrogen-bond donors (Lipinski definition) is 1. The molecule has 6 nitrogen and oxygen atoms in total. The maximum absolute atomic E-state index is 12.2. The van der Waals surface area contributed by atoms with E-state index in [2.05, 4.69) is 20.2 Å².